The van der Waals surface area contributed by atoms with Gasteiger partial charge < -0.3 is 19.7 Å². The van der Waals surface area contributed by atoms with Crippen LogP contribution in [0.2, 0.25) is 0 Å². The van der Waals surface area contributed by atoms with Gasteiger partial charge in [0.1, 0.15) is 18.3 Å². The zero-order chi connectivity index (χ0) is 21.8. The normalized spacial score (nSPS) is 18.3. The van der Waals surface area contributed by atoms with Gasteiger partial charge in [0.05, 0.1) is 38.1 Å². The molecule has 0 aliphatic carbocycles. The Morgan fingerprint density at radius 1 is 1.40 bits per heavy atom. The molecule has 0 unspecified atom stereocenters. The van der Waals surface area contributed by atoms with E-state index in [-0.39, 0.29) is 37.0 Å². The Hall–Kier alpha value is -3.28. The van der Waals surface area contributed by atoms with Crippen molar-refractivity contribution in [2.45, 2.75) is 13.0 Å². The lowest BCUT2D eigenvalue weighted by Gasteiger charge is -2.28. The van der Waals surface area contributed by atoms with E-state index < -0.39 is 29.7 Å². The minimum Gasteiger partial charge on any atom is -0.474 e. The van der Waals surface area contributed by atoms with Crippen molar-refractivity contribution in [3.05, 3.63) is 24.0 Å². The zero-order valence-corrected chi connectivity index (χ0v) is 17.1. The van der Waals surface area contributed by atoms with Crippen molar-refractivity contribution >= 4 is 52.9 Å². The van der Waals surface area contributed by atoms with Crippen molar-refractivity contribution in [2.24, 2.45) is 5.10 Å². The highest BCUT2D eigenvalue weighted by Crippen LogP contribution is 2.28. The summed E-state index contributed by atoms with van der Waals surface area (Å²) in [6.45, 7) is 2.07. The number of nitrogens with one attached hydrogen (secondary N) is 1. The maximum atomic E-state index is 14.7. The number of methoxy groups -OCH3 is 1. The van der Waals surface area contributed by atoms with Crippen LogP contribution in [0.3, 0.4) is 0 Å². The fraction of sp³-hybridized carbons (Fsp3) is 0.389. The molecule has 1 fully saturated rings. The number of thiocarbonyl (C=S) groups is 1. The highest BCUT2D eigenvalue weighted by atomic mass is 32.1. The first-order valence-corrected chi connectivity index (χ1v) is 9.43. The number of ketones is 1. The zero-order valence-electron chi connectivity index (χ0n) is 16.3. The van der Waals surface area contributed by atoms with Crippen LogP contribution in [-0.4, -0.2) is 73.7 Å². The molecule has 1 aromatic rings. The predicted octanol–water partition coefficient (Wildman–Crippen LogP) is 0.853. The first kappa shape index (κ1) is 21.4. The van der Waals surface area contributed by atoms with E-state index in [1.165, 1.54) is 42.3 Å². The molecule has 10 nitrogen and oxygen atoms in total. The number of anilines is 2. The maximum absolute atomic E-state index is 14.7. The number of cyclic esters (lactones) is 1. The number of carbonyl (C=O) groups excluding carboxylic acids is 3. The second kappa shape index (κ2) is 9.03. The Bertz CT molecular complexity index is 911. The molecule has 1 N–H and O–H groups in total. The fourth-order valence-corrected chi connectivity index (χ4v) is 3.05. The first-order chi connectivity index (χ1) is 14.3. The van der Waals surface area contributed by atoms with Crippen molar-refractivity contribution in [1.29, 1.82) is 0 Å². The van der Waals surface area contributed by atoms with Gasteiger partial charge in [-0.3, -0.25) is 14.5 Å². The van der Waals surface area contributed by atoms with Crippen molar-refractivity contribution < 1.29 is 28.2 Å². The van der Waals surface area contributed by atoms with Crippen molar-refractivity contribution in [3.8, 4) is 0 Å². The number of carbonyl (C=O) groups is 3. The second-order valence-electron chi connectivity index (χ2n) is 6.53. The summed E-state index contributed by atoms with van der Waals surface area (Å²) in [5, 5.41) is 7.93. The Labute approximate surface area is 177 Å². The minimum atomic E-state index is -0.718. The Kier molecular flexibility index (Phi) is 6.45. The summed E-state index contributed by atoms with van der Waals surface area (Å²) in [5.41, 5.74) is 0.578. The lowest BCUT2D eigenvalue weighted by Crippen LogP contribution is -2.43. The van der Waals surface area contributed by atoms with Gasteiger partial charge in [0, 0.05) is 13.5 Å². The van der Waals surface area contributed by atoms with E-state index in [1.807, 2.05) is 0 Å². The van der Waals surface area contributed by atoms with Gasteiger partial charge in [-0.2, -0.15) is 5.10 Å². The van der Waals surface area contributed by atoms with E-state index in [0.717, 1.165) is 5.01 Å². The lowest BCUT2D eigenvalue weighted by molar-refractivity contribution is -0.143. The summed E-state index contributed by atoms with van der Waals surface area (Å²) >= 11 is 4.88. The summed E-state index contributed by atoms with van der Waals surface area (Å²) < 4.78 is 24.8. The Morgan fingerprint density at radius 3 is 2.77 bits per heavy atom. The van der Waals surface area contributed by atoms with Gasteiger partial charge in [-0.1, -0.05) is 0 Å². The van der Waals surface area contributed by atoms with Gasteiger partial charge in [0.2, 0.25) is 5.78 Å². The topological polar surface area (TPSA) is 104 Å². The molecule has 2 amide bonds. The number of Topliss-reactive ketones (excluding diaryl/α,β-unsaturated/α-hetero) is 1. The first-order valence-electron chi connectivity index (χ1n) is 9.03. The number of hydrogen-bond acceptors (Lipinski definition) is 8. The van der Waals surface area contributed by atoms with Crippen LogP contribution in [0.25, 0.3) is 0 Å². The molecule has 0 radical (unpaired) electrons. The molecule has 12 heteroatoms. The third-order valence-electron chi connectivity index (χ3n) is 4.50. The maximum Gasteiger partial charge on any atom is 0.414 e. The van der Waals surface area contributed by atoms with E-state index in [2.05, 4.69) is 10.4 Å². The number of hydrogen-bond donors (Lipinski definition) is 1. The number of amides is 2. The van der Waals surface area contributed by atoms with Gasteiger partial charge in [-0.05, 0) is 30.4 Å². The molecule has 2 heterocycles. The molecule has 0 spiro atoms. The molecular weight excluding hydrogens is 417 g/mol. The van der Waals surface area contributed by atoms with Crippen LogP contribution in [0.15, 0.2) is 23.3 Å². The van der Waals surface area contributed by atoms with Gasteiger partial charge in [0.25, 0.3) is 5.17 Å². The summed E-state index contributed by atoms with van der Waals surface area (Å²) in [7, 11) is 1.43. The molecule has 2 aliphatic rings. The number of rotatable bonds is 5. The molecule has 1 saturated heterocycles. The van der Waals surface area contributed by atoms with Gasteiger partial charge >= 0.3 is 12.0 Å². The van der Waals surface area contributed by atoms with Crippen LogP contribution in [-0.2, 0) is 19.1 Å². The smallest absolute Gasteiger partial charge is 0.414 e. The van der Waals surface area contributed by atoms with Crippen molar-refractivity contribution in [1.82, 2.24) is 10.3 Å². The lowest BCUT2D eigenvalue weighted by atomic mass is 10.2. The molecule has 0 bridgehead atoms. The molecule has 160 valence electrons. The summed E-state index contributed by atoms with van der Waals surface area (Å²) in [6.07, 6.45) is 0.231. The van der Waals surface area contributed by atoms with E-state index >= 15 is 0 Å². The molecule has 1 atom stereocenters. The van der Waals surface area contributed by atoms with E-state index in [4.69, 9.17) is 21.7 Å². The molecule has 0 aromatic heterocycles. The molecule has 30 heavy (non-hydrogen) atoms. The largest absolute Gasteiger partial charge is 0.474 e. The standard InChI is InChI=1S/C18H20FN5O5S/c1-11(25)16(26)24-6-5-22(10-21-24)15-4-3-12(7-14(15)19)23-9-13(29-18(23)27)8-20-17(30)28-2/h3-4,7,10,13H,5-6,8-9H2,1-2H3,(H,20,30)/t13-/m0/s1. The number of nitrogens with zero attached hydrogens (tertiary/aromatic N) is 4. The Morgan fingerprint density at radius 2 is 2.17 bits per heavy atom. The highest BCUT2D eigenvalue weighted by molar-refractivity contribution is 7.80. The second-order valence-corrected chi connectivity index (χ2v) is 6.90. The summed E-state index contributed by atoms with van der Waals surface area (Å²) in [5.74, 6) is -1.91. The van der Waals surface area contributed by atoms with Crippen molar-refractivity contribution in [3.63, 3.8) is 0 Å². The third-order valence-corrected chi connectivity index (χ3v) is 4.82. The predicted molar refractivity (Wildman–Crippen MR) is 110 cm³/mol. The highest BCUT2D eigenvalue weighted by Gasteiger charge is 2.33. The van der Waals surface area contributed by atoms with E-state index in [0.29, 0.717) is 5.69 Å². The van der Waals surface area contributed by atoms with E-state index in [1.54, 1.807) is 6.07 Å². The van der Waals surface area contributed by atoms with Gasteiger partial charge in [-0.15, -0.1) is 0 Å². The Balaban J connectivity index is 1.67. The van der Waals surface area contributed by atoms with Crippen LogP contribution in [0.5, 0.6) is 0 Å². The third kappa shape index (κ3) is 4.64. The average Bonchev–Trinajstić information content (AvgIpc) is 3.12. The molecule has 1 aromatic carbocycles. The van der Waals surface area contributed by atoms with Crippen LogP contribution in [0.1, 0.15) is 6.92 Å². The number of ether oxygens (including phenoxy) is 2. The number of halogens is 1. The summed E-state index contributed by atoms with van der Waals surface area (Å²) in [6, 6.07) is 4.33. The van der Waals surface area contributed by atoms with Crippen LogP contribution < -0.4 is 15.1 Å². The molecule has 2 aliphatic heterocycles. The SMILES string of the molecule is COC(=S)NC[C@H]1CN(c2ccc(N3C=NN(C(=O)C(C)=O)CC3)c(F)c2)C(=O)O1. The quantitative estimate of drug-likeness (QED) is 0.534. The summed E-state index contributed by atoms with van der Waals surface area (Å²) in [4.78, 5) is 37.8. The molecular formula is C18H20FN5O5S. The average molecular weight is 437 g/mol. The van der Waals surface area contributed by atoms with E-state index in [9.17, 15) is 18.8 Å². The van der Waals surface area contributed by atoms with Crippen LogP contribution in [0, 0.1) is 5.82 Å². The molecule has 3 rings (SSSR count). The minimum absolute atomic E-state index is 0.145. The van der Waals surface area contributed by atoms with Crippen molar-refractivity contribution in [2.75, 3.05) is 43.1 Å². The van der Waals surface area contributed by atoms with Gasteiger partial charge in [-0.25, -0.2) is 14.2 Å². The van der Waals surface area contributed by atoms with Gasteiger partial charge in [0.15, 0.2) is 0 Å². The molecule has 0 saturated carbocycles. The van der Waals surface area contributed by atoms with Crippen LogP contribution in [0.4, 0.5) is 20.6 Å². The number of hydrazone groups is 1. The number of benzene rings is 1. The monoisotopic (exact) mass is 437 g/mol. The fourth-order valence-electron chi connectivity index (χ4n) is 2.97. The van der Waals surface area contributed by atoms with Crippen LogP contribution >= 0.6 is 12.2 Å².